The van der Waals surface area contributed by atoms with Crippen molar-refractivity contribution in [1.82, 2.24) is 0 Å². The Balaban J connectivity index is 2.38. The van der Waals surface area contributed by atoms with Gasteiger partial charge in [-0.2, -0.15) is 0 Å². The van der Waals surface area contributed by atoms with Crippen molar-refractivity contribution >= 4 is 21.6 Å². The number of hydrogen-bond acceptors (Lipinski definition) is 5. The van der Waals surface area contributed by atoms with Crippen LogP contribution in [0.5, 0.6) is 17.2 Å². The molecule has 7 heteroatoms. The average molecular weight is 354 g/mol. The monoisotopic (exact) mass is 353 g/mol. The van der Waals surface area contributed by atoms with Crippen molar-refractivity contribution in [3.63, 3.8) is 0 Å². The van der Waals surface area contributed by atoms with Gasteiger partial charge in [-0.15, -0.1) is 0 Å². The molecule has 0 aliphatic carbocycles. The number of methoxy groups -OCH3 is 1. The van der Waals surface area contributed by atoms with Gasteiger partial charge in [0.05, 0.1) is 24.7 Å². The van der Waals surface area contributed by atoms with Crippen LogP contribution in [0.4, 0.5) is 5.69 Å². The fraction of sp³-hybridized carbons (Fsp3) is 0.143. The van der Waals surface area contributed by atoms with Gasteiger partial charge in [0.1, 0.15) is 11.5 Å². The van der Waals surface area contributed by atoms with Crippen LogP contribution in [0.2, 0.25) is 0 Å². The number of nitrogens with zero attached hydrogens (tertiary/aromatic N) is 1. The summed E-state index contributed by atoms with van der Waals surface area (Å²) in [6.07, 6.45) is 0. The van der Waals surface area contributed by atoms with E-state index < -0.39 is 4.92 Å². The second-order valence-corrected chi connectivity index (χ2v) is 5.02. The molecule has 0 aliphatic rings. The highest BCUT2D eigenvalue weighted by atomic mass is 79.9. The van der Waals surface area contributed by atoms with Crippen molar-refractivity contribution in [2.24, 2.45) is 0 Å². The number of nitro benzene ring substituents is 1. The van der Waals surface area contributed by atoms with Gasteiger partial charge in [-0.05, 0) is 24.3 Å². The van der Waals surface area contributed by atoms with Gasteiger partial charge in [0.15, 0.2) is 5.75 Å². The molecule has 0 unspecified atom stereocenters. The van der Waals surface area contributed by atoms with E-state index in [1.807, 2.05) is 0 Å². The number of nitro groups is 1. The molecule has 0 fully saturated rings. The molecule has 2 aromatic rings. The number of halogens is 1. The smallest absolute Gasteiger partial charge is 0.314 e. The lowest BCUT2D eigenvalue weighted by Crippen LogP contribution is -1.96. The zero-order valence-electron chi connectivity index (χ0n) is 11.1. The first-order chi connectivity index (χ1) is 10.0. The lowest BCUT2D eigenvalue weighted by atomic mass is 10.2. The van der Waals surface area contributed by atoms with E-state index in [1.165, 1.54) is 19.2 Å². The molecule has 21 heavy (non-hydrogen) atoms. The van der Waals surface area contributed by atoms with Crippen LogP contribution in [0.25, 0.3) is 0 Å². The van der Waals surface area contributed by atoms with Gasteiger partial charge in [-0.25, -0.2) is 0 Å². The molecule has 0 radical (unpaired) electrons. The minimum atomic E-state index is -0.542. The third-order valence-corrected chi connectivity index (χ3v) is 3.27. The van der Waals surface area contributed by atoms with Crippen LogP contribution in [0.1, 0.15) is 5.56 Å². The number of rotatable bonds is 5. The van der Waals surface area contributed by atoms with Gasteiger partial charge in [0.2, 0.25) is 0 Å². The Morgan fingerprint density at radius 3 is 2.62 bits per heavy atom. The van der Waals surface area contributed by atoms with E-state index in [4.69, 9.17) is 9.47 Å². The molecule has 1 N–H and O–H groups in total. The van der Waals surface area contributed by atoms with Gasteiger partial charge < -0.3 is 14.6 Å². The maximum Gasteiger partial charge on any atom is 0.314 e. The second kappa shape index (κ2) is 6.55. The number of aliphatic hydroxyl groups is 1. The van der Waals surface area contributed by atoms with Crippen LogP contribution in [0, 0.1) is 10.1 Å². The maximum absolute atomic E-state index is 11.0. The molecule has 0 saturated carbocycles. The normalized spacial score (nSPS) is 10.2. The third kappa shape index (κ3) is 3.50. The van der Waals surface area contributed by atoms with Crippen LogP contribution in [0.3, 0.4) is 0 Å². The summed E-state index contributed by atoms with van der Waals surface area (Å²) < 4.78 is 11.3. The zero-order chi connectivity index (χ0) is 15.4. The molecular formula is C14H12BrNO5. The molecule has 0 heterocycles. The molecule has 0 saturated heterocycles. The highest BCUT2D eigenvalue weighted by Crippen LogP contribution is 2.34. The summed E-state index contributed by atoms with van der Waals surface area (Å²) in [5.74, 6) is 0.866. The fourth-order valence-electron chi connectivity index (χ4n) is 1.76. The Kier molecular flexibility index (Phi) is 4.77. The van der Waals surface area contributed by atoms with Crippen LogP contribution in [0.15, 0.2) is 40.9 Å². The van der Waals surface area contributed by atoms with Crippen molar-refractivity contribution in [1.29, 1.82) is 0 Å². The molecule has 0 spiro atoms. The standard InChI is InChI=1S/C14H12BrNO5/c1-20-13-5-4-11(7-12(13)16(18)19)21-14-6-10(15)3-2-9(14)8-17/h2-7,17H,8H2,1H3. The number of ether oxygens (including phenoxy) is 2. The number of aliphatic hydroxyl groups excluding tert-OH is 1. The molecule has 0 atom stereocenters. The molecule has 2 aromatic carbocycles. The van der Waals surface area contributed by atoms with Gasteiger partial charge in [-0.1, -0.05) is 22.0 Å². The van der Waals surface area contributed by atoms with Crippen molar-refractivity contribution in [2.45, 2.75) is 6.61 Å². The average Bonchev–Trinajstić information content (AvgIpc) is 2.47. The first kappa shape index (κ1) is 15.3. The predicted octanol–water partition coefficient (Wildman–Crippen LogP) is 3.65. The lowest BCUT2D eigenvalue weighted by molar-refractivity contribution is -0.385. The molecule has 6 nitrogen and oxygen atoms in total. The van der Waals surface area contributed by atoms with Crippen molar-refractivity contribution in [3.05, 3.63) is 56.5 Å². The summed E-state index contributed by atoms with van der Waals surface area (Å²) in [6.45, 7) is -0.194. The van der Waals surface area contributed by atoms with Crippen molar-refractivity contribution in [2.75, 3.05) is 7.11 Å². The summed E-state index contributed by atoms with van der Waals surface area (Å²) in [7, 11) is 1.36. The molecule has 2 rings (SSSR count). The van der Waals surface area contributed by atoms with Crippen LogP contribution in [-0.2, 0) is 6.61 Å². The maximum atomic E-state index is 11.0. The summed E-state index contributed by atoms with van der Waals surface area (Å²) in [6, 6.07) is 9.46. The van der Waals surface area contributed by atoms with Gasteiger partial charge in [0.25, 0.3) is 0 Å². The Morgan fingerprint density at radius 2 is 2.00 bits per heavy atom. The molecule has 110 valence electrons. The van der Waals surface area contributed by atoms with Crippen molar-refractivity contribution in [3.8, 4) is 17.2 Å². The molecule has 0 amide bonds. The Bertz CT molecular complexity index is 674. The number of benzene rings is 2. The number of hydrogen-bond donors (Lipinski definition) is 1. The minimum Gasteiger partial charge on any atom is -0.490 e. The van der Waals surface area contributed by atoms with E-state index in [0.717, 1.165) is 4.47 Å². The Morgan fingerprint density at radius 1 is 1.24 bits per heavy atom. The Labute approximate surface area is 129 Å². The van der Waals surface area contributed by atoms with Crippen LogP contribution < -0.4 is 9.47 Å². The molecular weight excluding hydrogens is 342 g/mol. The zero-order valence-corrected chi connectivity index (χ0v) is 12.7. The van der Waals surface area contributed by atoms with E-state index in [2.05, 4.69) is 15.9 Å². The molecule has 0 aliphatic heterocycles. The van der Waals surface area contributed by atoms with Crippen LogP contribution >= 0.6 is 15.9 Å². The Hall–Kier alpha value is -2.12. The quantitative estimate of drug-likeness (QED) is 0.655. The third-order valence-electron chi connectivity index (χ3n) is 2.77. The minimum absolute atomic E-state index is 0.156. The van der Waals surface area contributed by atoms with E-state index >= 15 is 0 Å². The first-order valence-electron chi connectivity index (χ1n) is 5.94. The summed E-state index contributed by atoms with van der Waals surface area (Å²) in [4.78, 5) is 10.4. The summed E-state index contributed by atoms with van der Waals surface area (Å²) in [5, 5.41) is 20.3. The fourth-order valence-corrected chi connectivity index (χ4v) is 2.10. The predicted molar refractivity (Wildman–Crippen MR) is 79.8 cm³/mol. The second-order valence-electron chi connectivity index (χ2n) is 4.10. The van der Waals surface area contributed by atoms with Crippen molar-refractivity contribution < 1.29 is 19.5 Å². The molecule has 0 bridgehead atoms. The highest BCUT2D eigenvalue weighted by molar-refractivity contribution is 9.10. The van der Waals surface area contributed by atoms with E-state index in [0.29, 0.717) is 11.3 Å². The SMILES string of the molecule is COc1ccc(Oc2cc(Br)ccc2CO)cc1[N+](=O)[O-]. The van der Waals surface area contributed by atoms with Gasteiger partial charge >= 0.3 is 5.69 Å². The summed E-state index contributed by atoms with van der Waals surface area (Å²) >= 11 is 3.31. The topological polar surface area (TPSA) is 81.8 Å². The highest BCUT2D eigenvalue weighted by Gasteiger charge is 2.16. The van der Waals surface area contributed by atoms with E-state index in [9.17, 15) is 15.2 Å². The largest absolute Gasteiger partial charge is 0.490 e. The summed E-state index contributed by atoms with van der Waals surface area (Å²) in [5.41, 5.74) is 0.396. The van der Waals surface area contributed by atoms with Gasteiger partial charge in [-0.3, -0.25) is 10.1 Å². The lowest BCUT2D eigenvalue weighted by Gasteiger charge is -2.11. The van der Waals surface area contributed by atoms with E-state index in [-0.39, 0.29) is 23.8 Å². The van der Waals surface area contributed by atoms with Gasteiger partial charge in [0, 0.05) is 10.0 Å². The molecule has 0 aromatic heterocycles. The van der Waals surface area contributed by atoms with E-state index in [1.54, 1.807) is 24.3 Å². The van der Waals surface area contributed by atoms with Crippen LogP contribution in [-0.4, -0.2) is 17.1 Å². The first-order valence-corrected chi connectivity index (χ1v) is 6.74.